The molecule has 1 atom stereocenters. The van der Waals surface area contributed by atoms with Gasteiger partial charge in [0.2, 0.25) is 0 Å². The highest BCUT2D eigenvalue weighted by Gasteiger charge is 2.50. The first kappa shape index (κ1) is 13.5. The number of nitrogens with zero attached hydrogens (tertiary/aromatic N) is 2. The van der Waals surface area contributed by atoms with Gasteiger partial charge in [0.25, 0.3) is 0 Å². The Balaban J connectivity index is 1.96. The van der Waals surface area contributed by atoms with Crippen molar-refractivity contribution in [2.45, 2.75) is 18.2 Å². The maximum absolute atomic E-state index is 6.37. The molecule has 3 N–H and O–H groups in total. The third kappa shape index (κ3) is 1.88. The topological polar surface area (TPSA) is 53.6 Å². The fraction of sp³-hybridized carbons (Fsp3) is 0.278. The molecule has 2 aliphatic heterocycles. The van der Waals surface area contributed by atoms with Crippen LogP contribution >= 0.6 is 0 Å². The van der Waals surface area contributed by atoms with Gasteiger partial charge in [0.1, 0.15) is 17.7 Å². The molecule has 0 aliphatic carbocycles. The van der Waals surface area contributed by atoms with E-state index in [0.29, 0.717) is 0 Å². The average molecular weight is 292 g/mol. The minimum absolute atomic E-state index is 0.209. The Morgan fingerprint density at radius 3 is 2.18 bits per heavy atom. The molecule has 0 spiro atoms. The molecule has 0 bridgehead atoms. The molecule has 2 aliphatic rings. The first-order valence-electron chi connectivity index (χ1n) is 7.78. The SMILES string of the molecule is NC1NC(c2ccccc2)(c2ccccc2)C2=NCCCN21. The molecule has 112 valence electrons. The summed E-state index contributed by atoms with van der Waals surface area (Å²) < 4.78 is 0. The molecular formula is C18H20N4. The van der Waals surface area contributed by atoms with E-state index in [2.05, 4.69) is 58.7 Å². The van der Waals surface area contributed by atoms with Crippen molar-refractivity contribution in [2.24, 2.45) is 10.7 Å². The van der Waals surface area contributed by atoms with Gasteiger partial charge in [-0.25, -0.2) is 0 Å². The van der Waals surface area contributed by atoms with Crippen molar-refractivity contribution in [3.05, 3.63) is 71.8 Å². The standard InChI is InChI=1S/C18H20N4/c19-17-21-18(14-8-3-1-4-9-14,15-10-5-2-6-11-15)16-20-12-7-13-22(16)17/h1-6,8-11,17,21H,7,12-13,19H2. The number of hydrogen-bond acceptors (Lipinski definition) is 4. The zero-order valence-corrected chi connectivity index (χ0v) is 12.4. The first-order chi connectivity index (χ1) is 10.8. The molecule has 1 saturated heterocycles. The summed E-state index contributed by atoms with van der Waals surface area (Å²) in [5, 5.41) is 3.61. The van der Waals surface area contributed by atoms with E-state index in [-0.39, 0.29) is 6.29 Å². The lowest BCUT2D eigenvalue weighted by molar-refractivity contribution is 0.299. The highest BCUT2D eigenvalue weighted by Crippen LogP contribution is 2.38. The van der Waals surface area contributed by atoms with Crippen molar-refractivity contribution < 1.29 is 0 Å². The van der Waals surface area contributed by atoms with Crippen LogP contribution in [0.3, 0.4) is 0 Å². The third-order valence-electron chi connectivity index (χ3n) is 4.54. The Bertz CT molecular complexity index is 641. The van der Waals surface area contributed by atoms with E-state index in [9.17, 15) is 0 Å². The first-order valence-corrected chi connectivity index (χ1v) is 7.78. The predicted octanol–water partition coefficient (Wildman–Crippen LogP) is 1.88. The molecule has 4 heteroatoms. The second kappa shape index (κ2) is 5.23. The van der Waals surface area contributed by atoms with E-state index in [4.69, 9.17) is 10.7 Å². The summed E-state index contributed by atoms with van der Waals surface area (Å²) in [6.45, 7) is 1.82. The molecule has 2 aromatic rings. The number of amidine groups is 1. The van der Waals surface area contributed by atoms with Gasteiger partial charge >= 0.3 is 0 Å². The molecule has 22 heavy (non-hydrogen) atoms. The van der Waals surface area contributed by atoms with Crippen LogP contribution in [-0.2, 0) is 5.54 Å². The number of nitrogens with one attached hydrogen (secondary N) is 1. The molecule has 2 aromatic carbocycles. The van der Waals surface area contributed by atoms with Gasteiger partial charge in [-0.1, -0.05) is 60.7 Å². The monoisotopic (exact) mass is 292 g/mol. The summed E-state index contributed by atoms with van der Waals surface area (Å²) in [6.07, 6.45) is 0.845. The summed E-state index contributed by atoms with van der Waals surface area (Å²) in [7, 11) is 0. The van der Waals surface area contributed by atoms with Crippen molar-refractivity contribution in [1.29, 1.82) is 0 Å². The molecular weight excluding hydrogens is 272 g/mol. The summed E-state index contributed by atoms with van der Waals surface area (Å²) in [5.41, 5.74) is 8.28. The van der Waals surface area contributed by atoms with Gasteiger partial charge in [0, 0.05) is 13.1 Å². The molecule has 2 heterocycles. The van der Waals surface area contributed by atoms with E-state index < -0.39 is 5.54 Å². The molecule has 1 unspecified atom stereocenters. The van der Waals surface area contributed by atoms with Crippen LogP contribution < -0.4 is 11.1 Å². The molecule has 0 saturated carbocycles. The van der Waals surface area contributed by atoms with Crippen molar-refractivity contribution in [2.75, 3.05) is 13.1 Å². The highest BCUT2D eigenvalue weighted by molar-refractivity contribution is 5.98. The van der Waals surface area contributed by atoms with Gasteiger partial charge in [-0.3, -0.25) is 16.0 Å². The number of hydrogen-bond donors (Lipinski definition) is 2. The lowest BCUT2D eigenvalue weighted by Crippen LogP contribution is -2.48. The largest absolute Gasteiger partial charge is 0.330 e. The van der Waals surface area contributed by atoms with Crippen molar-refractivity contribution in [3.63, 3.8) is 0 Å². The summed E-state index contributed by atoms with van der Waals surface area (Å²) in [4.78, 5) is 7.05. The second-order valence-electron chi connectivity index (χ2n) is 5.82. The Morgan fingerprint density at radius 2 is 1.59 bits per heavy atom. The molecule has 0 aromatic heterocycles. The summed E-state index contributed by atoms with van der Waals surface area (Å²) >= 11 is 0. The van der Waals surface area contributed by atoms with Crippen molar-refractivity contribution in [3.8, 4) is 0 Å². The average Bonchev–Trinajstić information content (AvgIpc) is 2.91. The quantitative estimate of drug-likeness (QED) is 0.888. The van der Waals surface area contributed by atoms with Crippen LogP contribution in [0.4, 0.5) is 0 Å². The Hall–Kier alpha value is -2.17. The fourth-order valence-electron chi connectivity index (χ4n) is 3.56. The molecule has 4 rings (SSSR count). The minimum Gasteiger partial charge on any atom is -0.330 e. The number of rotatable bonds is 2. The van der Waals surface area contributed by atoms with E-state index in [1.807, 2.05) is 12.1 Å². The summed E-state index contributed by atoms with van der Waals surface area (Å²) in [6, 6.07) is 20.9. The van der Waals surface area contributed by atoms with Crippen LogP contribution in [0.5, 0.6) is 0 Å². The number of nitrogens with two attached hydrogens (primary N) is 1. The Kier molecular flexibility index (Phi) is 3.21. The second-order valence-corrected chi connectivity index (χ2v) is 5.82. The zero-order valence-electron chi connectivity index (χ0n) is 12.4. The van der Waals surface area contributed by atoms with E-state index >= 15 is 0 Å². The smallest absolute Gasteiger partial charge is 0.134 e. The van der Waals surface area contributed by atoms with Crippen LogP contribution in [0, 0.1) is 0 Å². The summed E-state index contributed by atoms with van der Waals surface area (Å²) in [5.74, 6) is 1.05. The minimum atomic E-state index is -0.456. The molecule has 4 nitrogen and oxygen atoms in total. The van der Waals surface area contributed by atoms with E-state index in [0.717, 1.165) is 25.3 Å². The molecule has 0 amide bonds. The van der Waals surface area contributed by atoms with Crippen molar-refractivity contribution >= 4 is 5.84 Å². The van der Waals surface area contributed by atoms with Crippen LogP contribution in [0.25, 0.3) is 0 Å². The maximum atomic E-state index is 6.37. The molecule has 1 fully saturated rings. The number of benzene rings is 2. The number of fused-ring (bicyclic) bond motifs is 1. The van der Waals surface area contributed by atoms with Gasteiger partial charge in [-0.2, -0.15) is 0 Å². The highest BCUT2D eigenvalue weighted by atomic mass is 15.5. The van der Waals surface area contributed by atoms with Crippen LogP contribution in [0.15, 0.2) is 65.7 Å². The van der Waals surface area contributed by atoms with E-state index in [1.54, 1.807) is 0 Å². The van der Waals surface area contributed by atoms with Crippen LogP contribution in [-0.4, -0.2) is 30.1 Å². The van der Waals surface area contributed by atoms with Crippen LogP contribution in [0.1, 0.15) is 17.5 Å². The maximum Gasteiger partial charge on any atom is 0.134 e. The fourth-order valence-corrected chi connectivity index (χ4v) is 3.56. The zero-order chi connectivity index (χ0) is 15.0. The van der Waals surface area contributed by atoms with Gasteiger partial charge in [0.05, 0.1) is 0 Å². The number of aliphatic imine (C=N–C) groups is 1. The lowest BCUT2D eigenvalue weighted by Gasteiger charge is -2.33. The van der Waals surface area contributed by atoms with Gasteiger partial charge < -0.3 is 4.90 Å². The van der Waals surface area contributed by atoms with Crippen LogP contribution in [0.2, 0.25) is 0 Å². The van der Waals surface area contributed by atoms with Gasteiger partial charge in [0.15, 0.2) is 0 Å². The van der Waals surface area contributed by atoms with Crippen molar-refractivity contribution in [1.82, 2.24) is 10.2 Å². The molecule has 0 radical (unpaired) electrons. The van der Waals surface area contributed by atoms with Gasteiger partial charge in [-0.05, 0) is 17.5 Å². The van der Waals surface area contributed by atoms with Gasteiger partial charge in [-0.15, -0.1) is 0 Å². The normalized spacial score (nSPS) is 23.0. The third-order valence-corrected chi connectivity index (χ3v) is 4.54. The Labute approximate surface area is 130 Å². The van der Waals surface area contributed by atoms with E-state index in [1.165, 1.54) is 11.1 Å². The predicted molar refractivity (Wildman–Crippen MR) is 88.4 cm³/mol. The lowest BCUT2D eigenvalue weighted by atomic mass is 9.82. The Morgan fingerprint density at radius 1 is 1.00 bits per heavy atom.